The van der Waals surface area contributed by atoms with E-state index in [0.29, 0.717) is 23.7 Å². The van der Waals surface area contributed by atoms with Gasteiger partial charge < -0.3 is 10.2 Å². The molecule has 1 aromatic carbocycles. The molecular weight excluding hydrogens is 393 g/mol. The number of nitrogens with zero attached hydrogens (tertiary/aromatic N) is 3. The Labute approximate surface area is 172 Å². The van der Waals surface area contributed by atoms with Gasteiger partial charge >= 0.3 is 6.18 Å². The van der Waals surface area contributed by atoms with Gasteiger partial charge in [0.25, 0.3) is 0 Å². The molecule has 8 heteroatoms. The van der Waals surface area contributed by atoms with Gasteiger partial charge in [-0.1, -0.05) is 6.07 Å². The highest BCUT2D eigenvalue weighted by Gasteiger charge is 2.31. The monoisotopic (exact) mass is 416 g/mol. The van der Waals surface area contributed by atoms with Crippen LogP contribution in [-0.2, 0) is 17.4 Å². The van der Waals surface area contributed by atoms with Gasteiger partial charge in [0.2, 0.25) is 5.91 Å². The summed E-state index contributed by atoms with van der Waals surface area (Å²) >= 11 is 0. The van der Waals surface area contributed by atoms with E-state index in [1.54, 1.807) is 6.07 Å². The molecular formula is C22H23F3N4O. The van der Waals surface area contributed by atoms with E-state index in [2.05, 4.69) is 34.0 Å². The first kappa shape index (κ1) is 21.5. The van der Waals surface area contributed by atoms with Gasteiger partial charge in [0.05, 0.1) is 5.52 Å². The number of benzene rings is 1. The number of carbonyl (C=O) groups is 1. The molecule has 0 aliphatic rings. The average molecular weight is 416 g/mol. The van der Waals surface area contributed by atoms with Crippen molar-refractivity contribution in [2.45, 2.75) is 38.9 Å². The van der Waals surface area contributed by atoms with Gasteiger partial charge in [-0.2, -0.15) is 13.2 Å². The minimum Gasteiger partial charge on any atom is -0.357 e. The number of anilines is 2. The summed E-state index contributed by atoms with van der Waals surface area (Å²) in [5.74, 6) is 0.651. The molecule has 1 N–H and O–H groups in total. The Kier molecular flexibility index (Phi) is 6.24. The molecule has 0 fully saturated rings. The second kappa shape index (κ2) is 8.69. The van der Waals surface area contributed by atoms with E-state index in [9.17, 15) is 18.0 Å². The number of aromatic nitrogens is 2. The Morgan fingerprint density at radius 1 is 1.13 bits per heavy atom. The first-order valence-corrected chi connectivity index (χ1v) is 9.59. The lowest BCUT2D eigenvalue weighted by Crippen LogP contribution is -2.26. The van der Waals surface area contributed by atoms with Crippen LogP contribution >= 0.6 is 0 Å². The normalized spacial score (nSPS) is 11.7. The van der Waals surface area contributed by atoms with Crippen molar-refractivity contribution in [3.8, 4) is 0 Å². The minimum atomic E-state index is -4.47. The molecule has 0 saturated heterocycles. The van der Waals surface area contributed by atoms with Crippen LogP contribution in [0.1, 0.15) is 31.5 Å². The summed E-state index contributed by atoms with van der Waals surface area (Å²) in [7, 11) is 1.99. The Hall–Kier alpha value is -3.16. The van der Waals surface area contributed by atoms with Crippen LogP contribution in [0.25, 0.3) is 10.9 Å². The summed E-state index contributed by atoms with van der Waals surface area (Å²) in [5.41, 5.74) is 1.10. The minimum absolute atomic E-state index is 0.140. The third-order valence-corrected chi connectivity index (χ3v) is 4.85. The molecule has 1 amide bonds. The average Bonchev–Trinajstić information content (AvgIpc) is 2.71. The van der Waals surface area contributed by atoms with Crippen LogP contribution in [-0.4, -0.2) is 29.0 Å². The molecule has 0 atom stereocenters. The van der Waals surface area contributed by atoms with Crippen molar-refractivity contribution in [2.75, 3.05) is 17.3 Å². The molecule has 30 heavy (non-hydrogen) atoms. The fraction of sp³-hybridized carbons (Fsp3) is 0.318. The van der Waals surface area contributed by atoms with Gasteiger partial charge in [-0.15, -0.1) is 0 Å². The van der Waals surface area contributed by atoms with Crippen LogP contribution in [0.15, 0.2) is 48.7 Å². The number of rotatable bonds is 6. The second-order valence-corrected chi connectivity index (χ2v) is 7.38. The standard InChI is InChI=1S/C22H23F3N4O/c1-14(2)29(3)20-10-6-16-12-17(7-8-18(16)28-20)27-21(30)11-5-15-4-9-19(26-13-15)22(23,24)25/h4,6-10,12-14H,5,11H2,1-3H3,(H,27,30). The summed E-state index contributed by atoms with van der Waals surface area (Å²) in [5, 5.41) is 3.72. The number of amides is 1. The number of halogens is 3. The topological polar surface area (TPSA) is 58.1 Å². The van der Waals surface area contributed by atoms with Crippen LogP contribution in [0.2, 0.25) is 0 Å². The van der Waals surface area contributed by atoms with E-state index >= 15 is 0 Å². The summed E-state index contributed by atoms with van der Waals surface area (Å²) in [4.78, 5) is 22.4. The van der Waals surface area contributed by atoms with Crippen molar-refractivity contribution in [2.24, 2.45) is 0 Å². The van der Waals surface area contributed by atoms with Crippen LogP contribution in [0.3, 0.4) is 0 Å². The lowest BCUT2D eigenvalue weighted by Gasteiger charge is -2.22. The fourth-order valence-corrected chi connectivity index (χ4v) is 2.87. The quantitative estimate of drug-likeness (QED) is 0.610. The molecule has 158 valence electrons. The summed E-state index contributed by atoms with van der Waals surface area (Å²) in [6.07, 6.45) is -2.87. The lowest BCUT2D eigenvalue weighted by atomic mass is 10.1. The van der Waals surface area contributed by atoms with Gasteiger partial charge in [-0.05, 0) is 62.2 Å². The number of hydrogen-bond acceptors (Lipinski definition) is 4. The first-order chi connectivity index (χ1) is 14.1. The maximum absolute atomic E-state index is 12.6. The van der Waals surface area contributed by atoms with E-state index in [0.717, 1.165) is 29.0 Å². The number of alkyl halides is 3. The van der Waals surface area contributed by atoms with Crippen molar-refractivity contribution in [1.82, 2.24) is 9.97 Å². The van der Waals surface area contributed by atoms with Crippen molar-refractivity contribution >= 4 is 28.3 Å². The van der Waals surface area contributed by atoms with Crippen molar-refractivity contribution < 1.29 is 18.0 Å². The maximum Gasteiger partial charge on any atom is 0.433 e. The third-order valence-electron chi connectivity index (χ3n) is 4.85. The van der Waals surface area contributed by atoms with Crippen LogP contribution in [0.5, 0.6) is 0 Å². The molecule has 0 unspecified atom stereocenters. The van der Waals surface area contributed by atoms with Gasteiger partial charge in [0, 0.05) is 36.8 Å². The smallest absolute Gasteiger partial charge is 0.357 e. The first-order valence-electron chi connectivity index (χ1n) is 9.59. The van der Waals surface area contributed by atoms with E-state index in [1.165, 1.54) is 6.07 Å². The molecule has 0 bridgehead atoms. The van der Waals surface area contributed by atoms with Crippen molar-refractivity contribution in [1.29, 1.82) is 0 Å². The third kappa shape index (κ3) is 5.25. The largest absolute Gasteiger partial charge is 0.433 e. The summed E-state index contributed by atoms with van der Waals surface area (Å²) in [6.45, 7) is 4.18. The van der Waals surface area contributed by atoms with Crippen molar-refractivity contribution in [3.63, 3.8) is 0 Å². The number of nitrogens with one attached hydrogen (secondary N) is 1. The van der Waals surface area contributed by atoms with Gasteiger partial charge in [-0.3, -0.25) is 9.78 Å². The van der Waals surface area contributed by atoms with Crippen molar-refractivity contribution in [3.05, 3.63) is 59.9 Å². The molecule has 5 nitrogen and oxygen atoms in total. The number of carbonyl (C=O) groups excluding carboxylic acids is 1. The second-order valence-electron chi connectivity index (χ2n) is 7.38. The fourth-order valence-electron chi connectivity index (χ4n) is 2.87. The molecule has 0 radical (unpaired) electrons. The predicted molar refractivity (Wildman–Crippen MR) is 111 cm³/mol. The SMILES string of the molecule is CC(C)N(C)c1ccc2cc(NC(=O)CCc3ccc(C(F)(F)F)nc3)ccc2n1. The molecule has 0 aliphatic carbocycles. The lowest BCUT2D eigenvalue weighted by molar-refractivity contribution is -0.141. The van der Waals surface area contributed by atoms with Gasteiger partial charge in [0.15, 0.2) is 0 Å². The molecule has 0 saturated carbocycles. The predicted octanol–water partition coefficient (Wildman–Crippen LogP) is 5.06. The maximum atomic E-state index is 12.6. The Balaban J connectivity index is 1.61. The molecule has 2 heterocycles. The van der Waals surface area contributed by atoms with Crippen LogP contribution in [0, 0.1) is 0 Å². The molecule has 3 rings (SSSR count). The summed E-state index contributed by atoms with van der Waals surface area (Å²) in [6, 6.07) is 12.0. The van der Waals surface area contributed by atoms with Gasteiger partial charge in [0.1, 0.15) is 11.5 Å². The zero-order valence-corrected chi connectivity index (χ0v) is 17.0. The molecule has 0 aliphatic heterocycles. The van der Waals surface area contributed by atoms with Crippen LogP contribution < -0.4 is 10.2 Å². The highest BCUT2D eigenvalue weighted by Crippen LogP contribution is 2.27. The number of aryl methyl sites for hydroxylation is 1. The van der Waals surface area contributed by atoms with E-state index in [1.807, 2.05) is 31.3 Å². The Morgan fingerprint density at radius 3 is 2.53 bits per heavy atom. The number of pyridine rings is 2. The zero-order chi connectivity index (χ0) is 21.9. The van der Waals surface area contributed by atoms with E-state index in [-0.39, 0.29) is 12.3 Å². The summed E-state index contributed by atoms with van der Waals surface area (Å²) < 4.78 is 37.7. The molecule has 0 spiro atoms. The Morgan fingerprint density at radius 2 is 1.90 bits per heavy atom. The highest BCUT2D eigenvalue weighted by atomic mass is 19.4. The molecule has 3 aromatic rings. The number of fused-ring (bicyclic) bond motifs is 1. The number of hydrogen-bond donors (Lipinski definition) is 1. The molecule has 2 aromatic heterocycles. The van der Waals surface area contributed by atoms with E-state index in [4.69, 9.17) is 0 Å². The van der Waals surface area contributed by atoms with Gasteiger partial charge in [-0.25, -0.2) is 4.98 Å². The highest BCUT2D eigenvalue weighted by molar-refractivity contribution is 5.94. The van der Waals surface area contributed by atoms with E-state index < -0.39 is 11.9 Å². The Bertz CT molecular complexity index is 1030. The zero-order valence-electron chi connectivity index (χ0n) is 17.0. The van der Waals surface area contributed by atoms with Crippen LogP contribution in [0.4, 0.5) is 24.7 Å².